The van der Waals surface area contributed by atoms with Crippen LogP contribution in [0.4, 0.5) is 4.39 Å². The first-order chi connectivity index (χ1) is 10.8. The van der Waals surface area contributed by atoms with E-state index >= 15 is 0 Å². The van der Waals surface area contributed by atoms with Gasteiger partial charge >= 0.3 is 0 Å². The highest BCUT2D eigenvalue weighted by molar-refractivity contribution is 5.86. The fourth-order valence-corrected chi connectivity index (χ4v) is 1.78. The summed E-state index contributed by atoms with van der Waals surface area (Å²) >= 11 is 0. The highest BCUT2D eigenvalue weighted by atomic mass is 19.1. The molecular formula is C17H27FN4O. The Morgan fingerprint density at radius 3 is 2.65 bits per heavy atom. The van der Waals surface area contributed by atoms with Crippen LogP contribution in [0.2, 0.25) is 0 Å². The number of halogens is 1. The van der Waals surface area contributed by atoms with Crippen molar-refractivity contribution >= 4 is 11.9 Å². The van der Waals surface area contributed by atoms with Gasteiger partial charge in [-0.1, -0.05) is 19.1 Å². The molecule has 1 amide bonds. The molecule has 0 aliphatic heterocycles. The number of hydrogen-bond donors (Lipinski definition) is 2. The second-order valence-electron chi connectivity index (χ2n) is 5.84. The van der Waals surface area contributed by atoms with Crippen LogP contribution in [0.15, 0.2) is 23.2 Å². The molecule has 1 unspecified atom stereocenters. The average Bonchev–Trinajstić information content (AvgIpc) is 2.52. The molecule has 0 aliphatic carbocycles. The Morgan fingerprint density at radius 1 is 1.39 bits per heavy atom. The molecule has 1 aromatic carbocycles. The molecule has 2 N–H and O–H groups in total. The maximum Gasteiger partial charge on any atom is 0.241 e. The summed E-state index contributed by atoms with van der Waals surface area (Å²) in [6, 6.07) is 5.19. The molecule has 0 aromatic heterocycles. The number of rotatable bonds is 6. The maximum atomic E-state index is 13.3. The maximum absolute atomic E-state index is 13.3. The van der Waals surface area contributed by atoms with Crippen molar-refractivity contribution in [3.05, 3.63) is 35.1 Å². The molecule has 0 bridgehead atoms. The number of amides is 1. The van der Waals surface area contributed by atoms with Crippen LogP contribution < -0.4 is 10.6 Å². The van der Waals surface area contributed by atoms with Gasteiger partial charge in [-0.3, -0.25) is 4.79 Å². The van der Waals surface area contributed by atoms with E-state index in [1.807, 2.05) is 6.92 Å². The van der Waals surface area contributed by atoms with Gasteiger partial charge in [-0.15, -0.1) is 0 Å². The predicted molar refractivity (Wildman–Crippen MR) is 91.9 cm³/mol. The molecule has 0 fully saturated rings. The molecule has 0 saturated heterocycles. The standard InChI is InChI=1S/C17H27FN4O/c1-6-13(3)21-17(20-11-16(23)22(4)5)19-10-14-7-8-15(18)12(2)9-14/h7-9,13H,6,10-11H2,1-5H3,(H2,19,20,21). The first kappa shape index (κ1) is 18.9. The van der Waals surface area contributed by atoms with Crippen molar-refractivity contribution in [3.8, 4) is 0 Å². The number of guanidine groups is 1. The number of carbonyl (C=O) groups excluding carboxylic acids is 1. The van der Waals surface area contributed by atoms with Gasteiger partial charge in [0.2, 0.25) is 5.91 Å². The van der Waals surface area contributed by atoms with Crippen LogP contribution in [0, 0.1) is 12.7 Å². The highest BCUT2D eigenvalue weighted by Gasteiger charge is 2.08. The number of nitrogens with one attached hydrogen (secondary N) is 2. The lowest BCUT2D eigenvalue weighted by molar-refractivity contribution is -0.127. The summed E-state index contributed by atoms with van der Waals surface area (Å²) < 4.78 is 13.3. The largest absolute Gasteiger partial charge is 0.354 e. The fraction of sp³-hybridized carbons (Fsp3) is 0.529. The lowest BCUT2D eigenvalue weighted by atomic mass is 10.1. The second-order valence-corrected chi connectivity index (χ2v) is 5.84. The van der Waals surface area contributed by atoms with Crippen LogP contribution in [0.3, 0.4) is 0 Å². The van der Waals surface area contributed by atoms with Gasteiger partial charge in [-0.2, -0.15) is 0 Å². The van der Waals surface area contributed by atoms with Crippen molar-refractivity contribution in [2.75, 3.05) is 20.6 Å². The van der Waals surface area contributed by atoms with E-state index in [-0.39, 0.29) is 24.3 Å². The fourth-order valence-electron chi connectivity index (χ4n) is 1.78. The monoisotopic (exact) mass is 322 g/mol. The third-order valence-corrected chi connectivity index (χ3v) is 3.54. The smallest absolute Gasteiger partial charge is 0.241 e. The first-order valence-electron chi connectivity index (χ1n) is 7.83. The quantitative estimate of drug-likeness (QED) is 0.622. The van der Waals surface area contributed by atoms with Crippen LogP contribution >= 0.6 is 0 Å². The van der Waals surface area contributed by atoms with Gasteiger partial charge in [-0.05, 0) is 37.5 Å². The molecule has 23 heavy (non-hydrogen) atoms. The number of nitrogens with zero attached hydrogens (tertiary/aromatic N) is 2. The molecule has 0 saturated carbocycles. The Kier molecular flexibility index (Phi) is 7.51. The van der Waals surface area contributed by atoms with Gasteiger partial charge in [0, 0.05) is 20.1 Å². The van der Waals surface area contributed by atoms with Gasteiger partial charge in [-0.25, -0.2) is 9.38 Å². The molecule has 128 valence electrons. The molecule has 0 spiro atoms. The molecule has 1 aromatic rings. The molecule has 6 heteroatoms. The van der Waals surface area contributed by atoms with E-state index in [1.165, 1.54) is 11.0 Å². The van der Waals surface area contributed by atoms with Crippen LogP contribution in [0.25, 0.3) is 0 Å². The Balaban J connectivity index is 2.76. The van der Waals surface area contributed by atoms with Crippen molar-refractivity contribution in [2.24, 2.45) is 4.99 Å². The van der Waals surface area contributed by atoms with E-state index in [0.717, 1.165) is 12.0 Å². The van der Waals surface area contributed by atoms with Crippen LogP contribution in [-0.2, 0) is 11.3 Å². The topological polar surface area (TPSA) is 56.7 Å². The van der Waals surface area contributed by atoms with Gasteiger partial charge in [0.1, 0.15) is 5.82 Å². The van der Waals surface area contributed by atoms with E-state index in [1.54, 1.807) is 33.2 Å². The van der Waals surface area contributed by atoms with Crippen molar-refractivity contribution < 1.29 is 9.18 Å². The molecule has 1 rings (SSSR count). The summed E-state index contributed by atoms with van der Waals surface area (Å²) in [7, 11) is 3.43. The molecule has 0 radical (unpaired) electrons. The minimum Gasteiger partial charge on any atom is -0.354 e. The van der Waals surface area contributed by atoms with E-state index < -0.39 is 0 Å². The summed E-state index contributed by atoms with van der Waals surface area (Å²) in [4.78, 5) is 17.7. The molecule has 0 aliphatic rings. The minimum atomic E-state index is -0.217. The normalized spacial score (nSPS) is 12.7. The summed E-state index contributed by atoms with van der Waals surface area (Å²) in [6.45, 7) is 6.45. The van der Waals surface area contributed by atoms with Crippen molar-refractivity contribution in [1.82, 2.24) is 15.5 Å². The summed E-state index contributed by atoms with van der Waals surface area (Å²) in [5, 5.41) is 6.29. The summed E-state index contributed by atoms with van der Waals surface area (Å²) in [6.07, 6.45) is 0.942. The molecule has 0 heterocycles. The molecule has 5 nitrogen and oxygen atoms in total. The Labute approximate surface area is 138 Å². The van der Waals surface area contributed by atoms with E-state index in [0.29, 0.717) is 18.1 Å². The number of aliphatic imine (C=N–C) groups is 1. The van der Waals surface area contributed by atoms with Crippen molar-refractivity contribution in [3.63, 3.8) is 0 Å². The highest BCUT2D eigenvalue weighted by Crippen LogP contribution is 2.10. The third kappa shape index (κ3) is 6.67. The van der Waals surface area contributed by atoms with Crippen molar-refractivity contribution in [2.45, 2.75) is 39.8 Å². The summed E-state index contributed by atoms with van der Waals surface area (Å²) in [5.74, 6) is 0.336. The predicted octanol–water partition coefficient (Wildman–Crippen LogP) is 2.06. The number of likely N-dealkylation sites (N-methyl/N-ethyl adjacent to an activating group) is 1. The van der Waals surface area contributed by atoms with Gasteiger partial charge in [0.05, 0.1) is 13.1 Å². The number of carbonyl (C=O) groups is 1. The number of benzene rings is 1. The Bertz CT molecular complexity index is 558. The van der Waals surface area contributed by atoms with Gasteiger partial charge in [0.25, 0.3) is 0 Å². The van der Waals surface area contributed by atoms with E-state index in [9.17, 15) is 9.18 Å². The molecular weight excluding hydrogens is 295 g/mol. The SMILES string of the molecule is CCC(C)NC(=NCc1ccc(F)c(C)c1)NCC(=O)N(C)C. The van der Waals surface area contributed by atoms with Gasteiger partial charge in [0.15, 0.2) is 5.96 Å². The molecule has 1 atom stereocenters. The van der Waals surface area contributed by atoms with Crippen LogP contribution in [-0.4, -0.2) is 43.4 Å². The zero-order chi connectivity index (χ0) is 17.4. The van der Waals surface area contributed by atoms with Gasteiger partial charge < -0.3 is 15.5 Å². The average molecular weight is 322 g/mol. The summed E-state index contributed by atoms with van der Waals surface area (Å²) in [5.41, 5.74) is 1.53. The zero-order valence-corrected chi connectivity index (χ0v) is 14.6. The van der Waals surface area contributed by atoms with E-state index in [4.69, 9.17) is 0 Å². The number of hydrogen-bond acceptors (Lipinski definition) is 2. The number of aryl methyl sites for hydroxylation is 1. The van der Waals surface area contributed by atoms with Crippen molar-refractivity contribution in [1.29, 1.82) is 0 Å². The lowest BCUT2D eigenvalue weighted by Crippen LogP contribution is -2.45. The first-order valence-corrected chi connectivity index (χ1v) is 7.83. The minimum absolute atomic E-state index is 0.0266. The van der Waals surface area contributed by atoms with Crippen LogP contribution in [0.5, 0.6) is 0 Å². The zero-order valence-electron chi connectivity index (χ0n) is 14.6. The second kappa shape index (κ2) is 9.12. The van der Waals surface area contributed by atoms with E-state index in [2.05, 4.69) is 22.5 Å². The van der Waals surface area contributed by atoms with Crippen LogP contribution in [0.1, 0.15) is 31.4 Å². The third-order valence-electron chi connectivity index (χ3n) is 3.54. The Morgan fingerprint density at radius 2 is 2.09 bits per heavy atom. The lowest BCUT2D eigenvalue weighted by Gasteiger charge is -2.18. The Hall–Kier alpha value is -2.11.